The van der Waals surface area contributed by atoms with E-state index in [0.29, 0.717) is 23.5 Å². The van der Waals surface area contributed by atoms with Gasteiger partial charge in [0.05, 0.1) is 20.3 Å². The van der Waals surface area contributed by atoms with Crippen molar-refractivity contribution < 1.29 is 20.6 Å². The number of aryl methyl sites for hydroxylation is 2. The molecule has 0 radical (unpaired) electrons. The van der Waals surface area contributed by atoms with E-state index in [9.17, 15) is 13.6 Å². The standard InChI is InChI=1S/C25H23ClF3N5O2/c1-13-10-31-23(33-7-6-19(32-33)25(3,4)5)21(29)22(13)34-14(2)8-18(20(26)24(34)35)36-12-17-16(28)9-15(27)11-30-17/h6-11H,12H2,1-5H3/i12D2. The van der Waals surface area contributed by atoms with E-state index in [0.717, 1.165) is 4.57 Å². The van der Waals surface area contributed by atoms with E-state index in [-0.39, 0.29) is 22.6 Å². The van der Waals surface area contributed by atoms with Crippen LogP contribution in [0.25, 0.3) is 11.5 Å². The van der Waals surface area contributed by atoms with E-state index < -0.39 is 46.0 Å². The fraction of sp³-hybridized carbons (Fsp3) is 0.280. The fourth-order valence-electron chi connectivity index (χ4n) is 3.46. The van der Waals surface area contributed by atoms with Crippen LogP contribution in [0.2, 0.25) is 5.02 Å². The van der Waals surface area contributed by atoms with Crippen LogP contribution in [-0.4, -0.2) is 24.3 Å². The summed E-state index contributed by atoms with van der Waals surface area (Å²) in [5.41, 5.74) is -1.02. The smallest absolute Gasteiger partial charge is 0.278 e. The third-order valence-electron chi connectivity index (χ3n) is 5.32. The monoisotopic (exact) mass is 519 g/mol. The van der Waals surface area contributed by atoms with Gasteiger partial charge in [0.15, 0.2) is 17.5 Å². The molecular formula is C25H23ClF3N5O2. The number of halogens is 4. The first kappa shape index (κ1) is 22.8. The van der Waals surface area contributed by atoms with E-state index in [1.165, 1.54) is 23.9 Å². The second-order valence-electron chi connectivity index (χ2n) is 9.12. The van der Waals surface area contributed by atoms with Crippen LogP contribution in [0.5, 0.6) is 5.75 Å². The number of nitrogens with zero attached hydrogens (tertiary/aromatic N) is 5. The third-order valence-corrected chi connectivity index (χ3v) is 5.67. The lowest BCUT2D eigenvalue weighted by molar-refractivity contribution is 0.292. The quantitative estimate of drug-likeness (QED) is 0.354. The predicted octanol–water partition coefficient (Wildman–Crippen LogP) is 5.38. The summed E-state index contributed by atoms with van der Waals surface area (Å²) in [7, 11) is 0. The molecule has 0 atom stereocenters. The molecule has 0 aromatic carbocycles. The van der Waals surface area contributed by atoms with Gasteiger partial charge in [-0.1, -0.05) is 32.4 Å². The second-order valence-corrected chi connectivity index (χ2v) is 9.49. The summed E-state index contributed by atoms with van der Waals surface area (Å²) in [6.45, 7) is 5.99. The Labute approximate surface area is 213 Å². The van der Waals surface area contributed by atoms with Gasteiger partial charge in [0.2, 0.25) is 0 Å². The first-order valence-corrected chi connectivity index (χ1v) is 11.1. The van der Waals surface area contributed by atoms with Gasteiger partial charge in [-0.2, -0.15) is 5.10 Å². The van der Waals surface area contributed by atoms with Crippen molar-refractivity contribution in [3.63, 3.8) is 0 Å². The molecule has 0 aliphatic heterocycles. The lowest BCUT2D eigenvalue weighted by atomic mass is 9.93. The number of rotatable bonds is 5. The summed E-state index contributed by atoms with van der Waals surface area (Å²) in [6, 6.07) is 3.40. The van der Waals surface area contributed by atoms with Crippen LogP contribution in [0.1, 0.15) is 46.2 Å². The lowest BCUT2D eigenvalue weighted by Gasteiger charge is -2.18. The molecule has 0 saturated heterocycles. The summed E-state index contributed by atoms with van der Waals surface area (Å²) in [4.78, 5) is 20.9. The Morgan fingerprint density at radius 3 is 2.50 bits per heavy atom. The lowest BCUT2D eigenvalue weighted by Crippen LogP contribution is -2.24. The average Bonchev–Trinajstić information content (AvgIpc) is 3.29. The summed E-state index contributed by atoms with van der Waals surface area (Å²) in [6.07, 6.45) is 3.58. The molecule has 0 aliphatic rings. The highest BCUT2D eigenvalue weighted by Gasteiger charge is 2.23. The summed E-state index contributed by atoms with van der Waals surface area (Å²) < 4.78 is 66.9. The van der Waals surface area contributed by atoms with Crippen LogP contribution < -0.4 is 10.3 Å². The van der Waals surface area contributed by atoms with E-state index in [1.807, 2.05) is 20.8 Å². The SMILES string of the molecule is [2H]C([2H])(Oc1cc(C)n(-c2c(C)cnc(-n3ccc(C(C)(C)C)n3)c2F)c(=O)c1Cl)c1ncc(F)cc1F. The average molecular weight is 520 g/mol. The maximum Gasteiger partial charge on any atom is 0.278 e. The molecule has 0 fully saturated rings. The molecule has 0 unspecified atom stereocenters. The molecule has 0 saturated carbocycles. The zero-order valence-corrected chi connectivity index (χ0v) is 20.8. The number of hydrogen-bond acceptors (Lipinski definition) is 5. The minimum absolute atomic E-state index is 0.131. The molecule has 4 aromatic rings. The van der Waals surface area contributed by atoms with Crippen molar-refractivity contribution in [2.24, 2.45) is 0 Å². The topological polar surface area (TPSA) is 74.8 Å². The molecular weight excluding hydrogens is 495 g/mol. The van der Waals surface area contributed by atoms with Crippen molar-refractivity contribution in [1.82, 2.24) is 24.3 Å². The minimum Gasteiger partial charge on any atom is -0.485 e. The van der Waals surface area contributed by atoms with Gasteiger partial charge in [0, 0.05) is 35.6 Å². The molecule has 36 heavy (non-hydrogen) atoms. The third kappa shape index (κ3) is 4.73. The van der Waals surface area contributed by atoms with Crippen LogP contribution in [-0.2, 0) is 12.0 Å². The molecule has 188 valence electrons. The molecule has 4 heterocycles. The summed E-state index contributed by atoms with van der Waals surface area (Å²) in [5, 5.41) is 3.82. The largest absolute Gasteiger partial charge is 0.485 e. The van der Waals surface area contributed by atoms with Crippen LogP contribution in [0.4, 0.5) is 13.2 Å². The number of ether oxygens (including phenoxy) is 1. The summed E-state index contributed by atoms with van der Waals surface area (Å²) >= 11 is 6.24. The van der Waals surface area contributed by atoms with Gasteiger partial charge in [-0.15, -0.1) is 0 Å². The van der Waals surface area contributed by atoms with Crippen LogP contribution in [0.15, 0.2) is 41.6 Å². The normalized spacial score (nSPS) is 12.9. The maximum absolute atomic E-state index is 15.9. The van der Waals surface area contributed by atoms with Gasteiger partial charge in [0.1, 0.15) is 28.8 Å². The fourth-order valence-corrected chi connectivity index (χ4v) is 3.64. The van der Waals surface area contributed by atoms with Gasteiger partial charge in [0.25, 0.3) is 5.56 Å². The maximum atomic E-state index is 15.9. The first-order valence-electron chi connectivity index (χ1n) is 11.8. The highest BCUT2D eigenvalue weighted by atomic mass is 35.5. The van der Waals surface area contributed by atoms with Crippen molar-refractivity contribution in [3.8, 4) is 17.3 Å². The number of pyridine rings is 3. The zero-order valence-electron chi connectivity index (χ0n) is 22.0. The van der Waals surface area contributed by atoms with Crippen LogP contribution in [0.3, 0.4) is 0 Å². The Balaban J connectivity index is 1.81. The molecule has 11 heteroatoms. The minimum atomic E-state index is -2.91. The summed E-state index contributed by atoms with van der Waals surface area (Å²) in [5.74, 6) is -3.70. The second kappa shape index (κ2) is 9.42. The molecule has 0 bridgehead atoms. The van der Waals surface area contributed by atoms with Crippen molar-refractivity contribution in [1.29, 1.82) is 0 Å². The van der Waals surface area contributed by atoms with Crippen molar-refractivity contribution >= 4 is 11.6 Å². The Bertz CT molecular complexity index is 1620. The van der Waals surface area contributed by atoms with Gasteiger partial charge in [-0.25, -0.2) is 22.8 Å². The Morgan fingerprint density at radius 2 is 1.86 bits per heavy atom. The van der Waals surface area contributed by atoms with Gasteiger partial charge >= 0.3 is 0 Å². The molecule has 0 amide bonds. The zero-order chi connectivity index (χ0) is 28.2. The Hall–Kier alpha value is -3.66. The van der Waals surface area contributed by atoms with Crippen molar-refractivity contribution in [2.45, 2.75) is 46.6 Å². The number of hydrogen-bond donors (Lipinski definition) is 0. The molecule has 0 spiro atoms. The Morgan fingerprint density at radius 1 is 1.14 bits per heavy atom. The predicted molar refractivity (Wildman–Crippen MR) is 129 cm³/mol. The molecule has 0 aliphatic carbocycles. The van der Waals surface area contributed by atoms with E-state index in [4.69, 9.17) is 19.1 Å². The first-order chi connectivity index (χ1) is 17.6. The van der Waals surface area contributed by atoms with Gasteiger partial charge < -0.3 is 4.74 Å². The van der Waals surface area contributed by atoms with E-state index in [1.54, 1.807) is 19.2 Å². The highest BCUT2D eigenvalue weighted by Crippen LogP contribution is 2.28. The molecule has 4 aromatic heterocycles. The van der Waals surface area contributed by atoms with Crippen LogP contribution >= 0.6 is 11.6 Å². The number of aromatic nitrogens is 5. The van der Waals surface area contributed by atoms with Crippen molar-refractivity contribution in [3.05, 3.63) is 92.3 Å². The van der Waals surface area contributed by atoms with Crippen LogP contribution in [0, 0.1) is 31.3 Å². The molecule has 4 rings (SSSR count). The van der Waals surface area contributed by atoms with Gasteiger partial charge in [-0.05, 0) is 25.5 Å². The van der Waals surface area contributed by atoms with E-state index in [2.05, 4.69) is 15.1 Å². The molecule has 7 nitrogen and oxygen atoms in total. The molecule has 0 N–H and O–H groups in total. The Kier molecular flexibility index (Phi) is 5.96. The van der Waals surface area contributed by atoms with Crippen molar-refractivity contribution in [2.75, 3.05) is 0 Å². The highest BCUT2D eigenvalue weighted by molar-refractivity contribution is 6.31. The van der Waals surface area contributed by atoms with E-state index >= 15 is 4.39 Å². The van der Waals surface area contributed by atoms with Gasteiger partial charge in [-0.3, -0.25) is 14.3 Å².